The van der Waals surface area contributed by atoms with Gasteiger partial charge >= 0.3 is 0 Å². The molecule has 0 spiro atoms. The number of nitrogens with zero attached hydrogens (tertiary/aromatic N) is 1. The van der Waals surface area contributed by atoms with E-state index in [1.54, 1.807) is 0 Å². The third-order valence-corrected chi connectivity index (χ3v) is 3.66. The predicted molar refractivity (Wildman–Crippen MR) is 65.8 cm³/mol. The molecule has 1 aliphatic carbocycles. The highest BCUT2D eigenvalue weighted by molar-refractivity contribution is 5.05. The lowest BCUT2D eigenvalue weighted by Crippen LogP contribution is -2.36. The second kappa shape index (κ2) is 5.19. The van der Waals surface area contributed by atoms with E-state index in [9.17, 15) is 10.4 Å². The molecule has 0 aromatic carbocycles. The SMILES string of the molecule is CC(C)(C)CC(O)C1(C#N)CCCCCC1. The first kappa shape index (κ1) is 13.5. The summed E-state index contributed by atoms with van der Waals surface area (Å²) in [6.45, 7) is 6.37. The monoisotopic (exact) mass is 223 g/mol. The molecule has 0 amide bonds. The van der Waals surface area contributed by atoms with Crippen LogP contribution in [0.15, 0.2) is 0 Å². The zero-order valence-corrected chi connectivity index (χ0v) is 10.9. The number of aliphatic hydroxyl groups excluding tert-OH is 1. The van der Waals surface area contributed by atoms with Crippen molar-refractivity contribution in [2.45, 2.75) is 71.8 Å². The van der Waals surface area contributed by atoms with E-state index in [1.165, 1.54) is 12.8 Å². The van der Waals surface area contributed by atoms with Crippen molar-refractivity contribution in [1.82, 2.24) is 0 Å². The average molecular weight is 223 g/mol. The average Bonchev–Trinajstić information content (AvgIpc) is 2.40. The topological polar surface area (TPSA) is 44.0 Å². The fourth-order valence-electron chi connectivity index (χ4n) is 2.65. The maximum atomic E-state index is 10.4. The van der Waals surface area contributed by atoms with Crippen LogP contribution in [0.25, 0.3) is 0 Å². The standard InChI is InChI=1S/C14H25NO/c1-13(2,3)10-12(16)14(11-15)8-6-4-5-7-9-14/h12,16H,4-10H2,1-3H3. The Morgan fingerprint density at radius 2 is 1.69 bits per heavy atom. The van der Waals surface area contributed by atoms with Gasteiger partial charge in [-0.15, -0.1) is 0 Å². The summed E-state index contributed by atoms with van der Waals surface area (Å²) in [6, 6.07) is 2.43. The van der Waals surface area contributed by atoms with Crippen LogP contribution in [-0.4, -0.2) is 11.2 Å². The van der Waals surface area contributed by atoms with Gasteiger partial charge in [0, 0.05) is 0 Å². The van der Waals surface area contributed by atoms with Gasteiger partial charge in [0.25, 0.3) is 0 Å². The van der Waals surface area contributed by atoms with E-state index in [-0.39, 0.29) is 5.41 Å². The van der Waals surface area contributed by atoms with E-state index >= 15 is 0 Å². The van der Waals surface area contributed by atoms with Crippen LogP contribution in [0.3, 0.4) is 0 Å². The minimum atomic E-state index is -0.468. The van der Waals surface area contributed by atoms with Crippen molar-refractivity contribution in [2.24, 2.45) is 10.8 Å². The Balaban J connectivity index is 2.74. The second-order valence-electron chi connectivity index (χ2n) is 6.46. The molecular weight excluding hydrogens is 198 g/mol. The van der Waals surface area contributed by atoms with Gasteiger partial charge in [0.1, 0.15) is 0 Å². The molecule has 1 atom stereocenters. The highest BCUT2D eigenvalue weighted by atomic mass is 16.3. The molecule has 1 N–H and O–H groups in total. The van der Waals surface area contributed by atoms with E-state index in [4.69, 9.17) is 0 Å². The van der Waals surface area contributed by atoms with Gasteiger partial charge in [0.2, 0.25) is 0 Å². The minimum Gasteiger partial charge on any atom is -0.391 e. The number of hydrogen-bond donors (Lipinski definition) is 1. The summed E-state index contributed by atoms with van der Waals surface area (Å²) in [6.07, 6.45) is 6.62. The lowest BCUT2D eigenvalue weighted by molar-refractivity contribution is 0.0203. The molecule has 0 aromatic heterocycles. The van der Waals surface area contributed by atoms with Gasteiger partial charge in [-0.25, -0.2) is 0 Å². The molecule has 0 aliphatic heterocycles. The largest absolute Gasteiger partial charge is 0.391 e. The van der Waals surface area contributed by atoms with Crippen LogP contribution in [0.5, 0.6) is 0 Å². The Labute approximate surface area is 99.7 Å². The summed E-state index contributed by atoms with van der Waals surface area (Å²) in [5.74, 6) is 0. The maximum Gasteiger partial charge on any atom is 0.0832 e. The zero-order valence-electron chi connectivity index (χ0n) is 10.9. The summed E-state index contributed by atoms with van der Waals surface area (Å²) in [5.41, 5.74) is -0.376. The highest BCUT2D eigenvalue weighted by Crippen LogP contribution is 2.41. The summed E-state index contributed by atoms with van der Waals surface area (Å²) < 4.78 is 0. The van der Waals surface area contributed by atoms with E-state index in [0.29, 0.717) is 0 Å². The van der Waals surface area contributed by atoms with Gasteiger partial charge in [-0.2, -0.15) is 5.26 Å². The van der Waals surface area contributed by atoms with Crippen molar-refractivity contribution in [3.63, 3.8) is 0 Å². The smallest absolute Gasteiger partial charge is 0.0832 e. The Bertz CT molecular complexity index is 251. The van der Waals surface area contributed by atoms with Gasteiger partial charge in [-0.3, -0.25) is 0 Å². The molecule has 0 saturated heterocycles. The molecule has 1 fully saturated rings. The molecule has 2 heteroatoms. The van der Waals surface area contributed by atoms with Gasteiger partial charge in [0.15, 0.2) is 0 Å². The summed E-state index contributed by atoms with van der Waals surface area (Å²) in [4.78, 5) is 0. The van der Waals surface area contributed by atoms with Gasteiger partial charge in [-0.1, -0.05) is 46.5 Å². The summed E-state index contributed by atoms with van der Waals surface area (Å²) >= 11 is 0. The van der Waals surface area contributed by atoms with Gasteiger partial charge in [0.05, 0.1) is 17.6 Å². The molecular formula is C14H25NO. The first-order valence-corrected chi connectivity index (χ1v) is 6.49. The Morgan fingerprint density at radius 1 is 1.19 bits per heavy atom. The lowest BCUT2D eigenvalue weighted by Gasteiger charge is -2.34. The van der Waals surface area contributed by atoms with Gasteiger partial charge < -0.3 is 5.11 Å². The normalized spacial score (nSPS) is 23.2. The van der Waals surface area contributed by atoms with E-state index in [1.807, 2.05) is 0 Å². The Morgan fingerprint density at radius 3 is 2.06 bits per heavy atom. The molecule has 0 bridgehead atoms. The molecule has 92 valence electrons. The summed E-state index contributed by atoms with van der Waals surface area (Å²) in [5, 5.41) is 19.8. The summed E-state index contributed by atoms with van der Waals surface area (Å²) in [7, 11) is 0. The van der Waals surface area contributed by atoms with Crippen molar-refractivity contribution >= 4 is 0 Å². The number of rotatable bonds is 2. The van der Waals surface area contributed by atoms with Crippen molar-refractivity contribution in [2.75, 3.05) is 0 Å². The number of aliphatic hydroxyl groups is 1. The molecule has 2 nitrogen and oxygen atoms in total. The fraction of sp³-hybridized carbons (Fsp3) is 0.929. The zero-order chi connectivity index (χ0) is 12.2. The first-order chi connectivity index (χ1) is 7.40. The molecule has 1 unspecified atom stereocenters. The van der Waals surface area contributed by atoms with Crippen molar-refractivity contribution in [3.05, 3.63) is 0 Å². The quantitative estimate of drug-likeness (QED) is 0.726. The number of nitriles is 1. The van der Waals surface area contributed by atoms with Gasteiger partial charge in [-0.05, 0) is 24.7 Å². The molecule has 1 rings (SSSR count). The third kappa shape index (κ3) is 3.49. The molecule has 1 aliphatic rings. The van der Waals surface area contributed by atoms with Crippen LogP contribution < -0.4 is 0 Å². The molecule has 1 saturated carbocycles. The van der Waals surface area contributed by atoms with Crippen LogP contribution in [0, 0.1) is 22.2 Å². The molecule has 0 radical (unpaired) electrons. The lowest BCUT2D eigenvalue weighted by atomic mass is 9.71. The molecule has 0 heterocycles. The van der Waals surface area contributed by atoms with E-state index < -0.39 is 11.5 Å². The fourth-order valence-corrected chi connectivity index (χ4v) is 2.65. The Hall–Kier alpha value is -0.550. The van der Waals surface area contributed by atoms with E-state index in [2.05, 4.69) is 26.8 Å². The van der Waals surface area contributed by atoms with E-state index in [0.717, 1.165) is 32.1 Å². The third-order valence-electron chi connectivity index (χ3n) is 3.66. The first-order valence-electron chi connectivity index (χ1n) is 6.49. The number of hydrogen-bond acceptors (Lipinski definition) is 2. The van der Waals surface area contributed by atoms with Crippen LogP contribution in [0.1, 0.15) is 65.7 Å². The highest BCUT2D eigenvalue weighted by Gasteiger charge is 2.39. The minimum absolute atomic E-state index is 0.0928. The Kier molecular flexibility index (Phi) is 4.38. The van der Waals surface area contributed by atoms with Crippen LogP contribution in [0.4, 0.5) is 0 Å². The molecule has 0 aromatic rings. The predicted octanol–water partition coefficient (Wildman–Crippen LogP) is 3.65. The van der Waals surface area contributed by atoms with Crippen LogP contribution >= 0.6 is 0 Å². The van der Waals surface area contributed by atoms with Crippen molar-refractivity contribution in [3.8, 4) is 6.07 Å². The van der Waals surface area contributed by atoms with Crippen LogP contribution in [0.2, 0.25) is 0 Å². The molecule has 16 heavy (non-hydrogen) atoms. The maximum absolute atomic E-state index is 10.4. The van der Waals surface area contributed by atoms with Crippen molar-refractivity contribution < 1.29 is 5.11 Å². The van der Waals surface area contributed by atoms with Crippen molar-refractivity contribution in [1.29, 1.82) is 5.26 Å². The second-order valence-corrected chi connectivity index (χ2v) is 6.46. The van der Waals surface area contributed by atoms with Crippen LogP contribution in [-0.2, 0) is 0 Å².